The molecule has 1 aliphatic rings. The maximum Gasteiger partial charge on any atom is 0.411 e. The van der Waals surface area contributed by atoms with Crippen LogP contribution in [-0.4, -0.2) is 81.4 Å². The van der Waals surface area contributed by atoms with Crippen LogP contribution in [0.3, 0.4) is 0 Å². The summed E-state index contributed by atoms with van der Waals surface area (Å²) in [6.45, 7) is 7.63. The van der Waals surface area contributed by atoms with Gasteiger partial charge in [0.2, 0.25) is 17.6 Å². The first kappa shape index (κ1) is 44.8. The van der Waals surface area contributed by atoms with Crippen molar-refractivity contribution in [3.05, 3.63) is 89.2 Å². The molecule has 0 spiro atoms. The van der Waals surface area contributed by atoms with Gasteiger partial charge in [0, 0.05) is 30.1 Å². The molecule has 1 aromatic heterocycles. The molecule has 0 unspecified atom stereocenters. The lowest BCUT2D eigenvalue weighted by molar-refractivity contribution is -0.231. The van der Waals surface area contributed by atoms with Gasteiger partial charge in [-0.15, -0.1) is 0 Å². The zero-order valence-electron chi connectivity index (χ0n) is 33.5. The lowest BCUT2D eigenvalue weighted by Crippen LogP contribution is -2.48. The van der Waals surface area contributed by atoms with Gasteiger partial charge in [-0.25, -0.2) is 19.4 Å². The maximum absolute atomic E-state index is 14.3. The minimum Gasteiger partial charge on any atom is -0.477 e. The van der Waals surface area contributed by atoms with Crippen LogP contribution in [0.2, 0.25) is 0 Å². The Bertz CT molecular complexity index is 2200. The Labute approximate surface area is 342 Å². The topological polar surface area (TPSA) is 202 Å². The third-order valence-electron chi connectivity index (χ3n) is 10.0. The molecule has 0 radical (unpaired) electrons. The number of carbonyl (C=O) groups is 5. The number of aryl methyl sites for hydroxylation is 1. The Kier molecular flexibility index (Phi) is 13.7. The molecule has 4 aromatic rings. The predicted octanol–water partition coefficient (Wildman–Crippen LogP) is 7.04. The highest BCUT2D eigenvalue weighted by Gasteiger charge is 2.66. The van der Waals surface area contributed by atoms with Gasteiger partial charge in [-0.05, 0) is 118 Å². The quantitative estimate of drug-likeness (QED) is 0.0648. The van der Waals surface area contributed by atoms with Crippen molar-refractivity contribution in [2.24, 2.45) is 11.8 Å². The summed E-state index contributed by atoms with van der Waals surface area (Å²) in [5.41, 5.74) is 3.34. The van der Waals surface area contributed by atoms with Gasteiger partial charge in [0.25, 0.3) is 0 Å². The van der Waals surface area contributed by atoms with E-state index in [1.165, 1.54) is 31.4 Å². The average Bonchev–Trinajstić information content (AvgIpc) is 3.71. The Balaban J connectivity index is 1.30. The number of aromatic amines is 1. The van der Waals surface area contributed by atoms with Crippen LogP contribution in [0.5, 0.6) is 0 Å². The first-order chi connectivity index (χ1) is 28.2. The Morgan fingerprint density at radius 3 is 2.13 bits per heavy atom. The number of esters is 1. The molecule has 1 aliphatic carbocycles. The summed E-state index contributed by atoms with van der Waals surface area (Å²) in [5.74, 6) is -17.4. The number of carbonyl (C=O) groups excluding carboxylic acids is 4. The summed E-state index contributed by atoms with van der Waals surface area (Å²) in [6, 6.07) is 16.9. The summed E-state index contributed by atoms with van der Waals surface area (Å²) >= 11 is 0. The fourth-order valence-corrected chi connectivity index (χ4v) is 6.65. The summed E-state index contributed by atoms with van der Waals surface area (Å²) in [7, 11) is 1.30. The third-order valence-corrected chi connectivity index (χ3v) is 10.0. The number of amides is 3. The molecule has 5 rings (SSSR count). The van der Waals surface area contributed by atoms with Crippen LogP contribution in [-0.2, 0) is 36.2 Å². The van der Waals surface area contributed by atoms with Crippen LogP contribution in [0.25, 0.3) is 22.5 Å². The van der Waals surface area contributed by atoms with Crippen molar-refractivity contribution in [1.82, 2.24) is 25.8 Å². The second-order valence-electron chi connectivity index (χ2n) is 15.6. The number of hydrogen-bond donors (Lipinski definition) is 5. The fourth-order valence-electron chi connectivity index (χ4n) is 6.65. The Hall–Kier alpha value is -6.33. The van der Waals surface area contributed by atoms with E-state index >= 15 is 0 Å². The van der Waals surface area contributed by atoms with Crippen LogP contribution >= 0.6 is 0 Å². The number of aromatic nitrogens is 3. The average molecular weight is 839 g/mol. The van der Waals surface area contributed by atoms with Crippen LogP contribution in [0.15, 0.2) is 66.7 Å². The van der Waals surface area contributed by atoms with Crippen molar-refractivity contribution in [3.8, 4) is 22.5 Å². The van der Waals surface area contributed by atoms with Crippen molar-refractivity contribution in [2.75, 3.05) is 19.0 Å². The number of nitrogens with one attached hydrogen (secondary N) is 4. The lowest BCUT2D eigenvalue weighted by atomic mass is 9.81. The maximum atomic E-state index is 14.3. The van der Waals surface area contributed by atoms with Crippen molar-refractivity contribution in [2.45, 2.75) is 83.3 Å². The van der Waals surface area contributed by atoms with Crippen molar-refractivity contribution < 1.29 is 56.1 Å². The number of methoxy groups -OCH3 is 1. The molecule has 3 aromatic carbocycles. The summed E-state index contributed by atoms with van der Waals surface area (Å²) in [4.78, 5) is 66.0. The van der Waals surface area contributed by atoms with Crippen molar-refractivity contribution >= 4 is 35.5 Å². The molecular formula is C42H46F4N6O8. The minimum atomic E-state index is -5.47. The molecule has 1 atom stereocenters. The number of benzene rings is 3. The van der Waals surface area contributed by atoms with Gasteiger partial charge in [-0.1, -0.05) is 30.3 Å². The number of carboxylic acid groups (broad SMARTS) is 1. The van der Waals surface area contributed by atoms with Gasteiger partial charge < -0.3 is 30.5 Å². The van der Waals surface area contributed by atoms with Crippen molar-refractivity contribution in [3.63, 3.8) is 0 Å². The monoisotopic (exact) mass is 838 g/mol. The molecule has 0 bridgehead atoms. The van der Waals surface area contributed by atoms with E-state index in [-0.39, 0.29) is 41.2 Å². The molecule has 320 valence electrons. The van der Waals surface area contributed by atoms with Gasteiger partial charge >= 0.3 is 29.9 Å². The molecule has 3 amide bonds. The second-order valence-corrected chi connectivity index (χ2v) is 15.6. The summed E-state index contributed by atoms with van der Waals surface area (Å²) in [5, 5.41) is 22.2. The number of anilines is 1. The van der Waals surface area contributed by atoms with E-state index in [1.54, 1.807) is 32.9 Å². The van der Waals surface area contributed by atoms with E-state index in [9.17, 15) is 41.5 Å². The Morgan fingerprint density at radius 1 is 0.900 bits per heavy atom. The number of nitrogens with zero attached hydrogens (tertiary/aromatic N) is 2. The number of H-pyrrole nitrogens is 1. The van der Waals surface area contributed by atoms with E-state index in [1.807, 2.05) is 37.3 Å². The number of alkyl carbamates (subject to hydrolysis) is 1. The molecular weight excluding hydrogens is 792 g/mol. The highest BCUT2D eigenvalue weighted by molar-refractivity contribution is 5.98. The van der Waals surface area contributed by atoms with E-state index in [4.69, 9.17) is 14.6 Å². The number of alkyl halides is 4. The molecule has 0 saturated heterocycles. The molecule has 1 heterocycles. The van der Waals surface area contributed by atoms with E-state index in [0.29, 0.717) is 43.4 Å². The van der Waals surface area contributed by atoms with Crippen LogP contribution in [0, 0.1) is 18.8 Å². The number of aliphatic carboxylic acids is 1. The van der Waals surface area contributed by atoms with Crippen LogP contribution in [0.1, 0.15) is 73.8 Å². The Morgan fingerprint density at radius 2 is 1.53 bits per heavy atom. The number of halogens is 4. The normalized spacial score (nSPS) is 16.3. The highest BCUT2D eigenvalue weighted by atomic mass is 19.3. The van der Waals surface area contributed by atoms with Gasteiger partial charge in [0.15, 0.2) is 5.82 Å². The number of rotatable bonds is 14. The molecule has 60 heavy (non-hydrogen) atoms. The van der Waals surface area contributed by atoms with Gasteiger partial charge in [-0.2, -0.15) is 22.7 Å². The van der Waals surface area contributed by atoms with E-state index < -0.39 is 53.3 Å². The fraction of sp³-hybridized carbons (Fsp3) is 0.405. The molecule has 0 aliphatic heterocycles. The van der Waals surface area contributed by atoms with Crippen LogP contribution in [0.4, 0.5) is 28.0 Å². The number of carboxylic acids is 1. The number of hydrogen-bond acceptors (Lipinski definition) is 9. The third kappa shape index (κ3) is 10.8. The molecule has 14 nitrogen and oxygen atoms in total. The first-order valence-electron chi connectivity index (χ1n) is 19.1. The molecule has 5 N–H and O–H groups in total. The van der Waals surface area contributed by atoms with E-state index in [2.05, 4.69) is 31.1 Å². The predicted molar refractivity (Wildman–Crippen MR) is 210 cm³/mol. The standard InChI is InChI=1S/C42H46F4N6O8/c1-23-6-11-29(36(55)59-5)21-31(23)26-12-7-24(8-13-26)20-32(49-34(53)28-14-9-25(10-15-28)22-47-39(58)60-40(2,3)4)35(54)48-30-18-16-27(17-19-30)33-50-37(52-51-33)41(43,44)42(45,46)38(56)57/h6-8,11-13,16-19,21,25,28,32H,9-10,14-15,20,22H2,1-5H3,(H,47,58)(H,48,54)(H,49,53)(H,56,57)(H,50,51,52)/t25-,28-,32-/m0/s1. The van der Waals surface area contributed by atoms with Crippen molar-refractivity contribution in [1.29, 1.82) is 0 Å². The van der Waals surface area contributed by atoms with E-state index in [0.717, 1.165) is 16.7 Å². The van der Waals surface area contributed by atoms with Gasteiger partial charge in [-0.3, -0.25) is 14.7 Å². The lowest BCUT2D eigenvalue weighted by Gasteiger charge is -2.29. The van der Waals surface area contributed by atoms with Crippen LogP contribution < -0.4 is 16.0 Å². The molecule has 1 saturated carbocycles. The largest absolute Gasteiger partial charge is 0.477 e. The van der Waals surface area contributed by atoms with Gasteiger partial charge in [0.1, 0.15) is 11.6 Å². The smallest absolute Gasteiger partial charge is 0.411 e. The second kappa shape index (κ2) is 18.3. The minimum absolute atomic E-state index is 0.0856. The zero-order valence-corrected chi connectivity index (χ0v) is 33.5. The SMILES string of the molecule is COC(=O)c1ccc(C)c(-c2ccc(C[C@H](NC(=O)[C@H]3CC[C@H](CNC(=O)OC(C)(C)C)CC3)C(=O)Nc3ccc(-c4nc(C(F)(F)C(F)(F)C(=O)O)n[nH]4)cc3)cc2)c1. The first-order valence-corrected chi connectivity index (χ1v) is 19.1. The highest BCUT2D eigenvalue weighted by Crippen LogP contribution is 2.42. The number of ether oxygens (including phenoxy) is 2. The molecule has 18 heteroatoms. The molecule has 1 fully saturated rings. The summed E-state index contributed by atoms with van der Waals surface area (Å²) < 4.78 is 66.1. The summed E-state index contributed by atoms with van der Waals surface area (Å²) in [6.07, 6.45) is 1.97. The zero-order chi connectivity index (χ0) is 44.0. The van der Waals surface area contributed by atoms with Gasteiger partial charge in [0.05, 0.1) is 12.7 Å².